The van der Waals surface area contributed by atoms with Gasteiger partial charge in [0.05, 0.1) is 29.1 Å². The molecule has 156 valence electrons. The molecule has 8 heteroatoms. The molecule has 0 N–H and O–H groups in total. The summed E-state index contributed by atoms with van der Waals surface area (Å²) in [5, 5.41) is -0.467. The highest BCUT2D eigenvalue weighted by molar-refractivity contribution is 9.10. The van der Waals surface area contributed by atoms with Crippen molar-refractivity contribution in [1.29, 1.82) is 0 Å². The Morgan fingerprint density at radius 1 is 1.10 bits per heavy atom. The number of hydrogen-bond acceptors (Lipinski definition) is 6. The van der Waals surface area contributed by atoms with Gasteiger partial charge in [0.1, 0.15) is 0 Å². The summed E-state index contributed by atoms with van der Waals surface area (Å²) < 4.78 is 12.0. The Balaban J connectivity index is 1.84. The van der Waals surface area contributed by atoms with Crippen LogP contribution in [0.4, 0.5) is 4.79 Å². The summed E-state index contributed by atoms with van der Waals surface area (Å²) >= 11 is 4.28. The number of nitrogens with zero attached hydrogens (tertiary/aromatic N) is 1. The Labute approximate surface area is 187 Å². The molecule has 6 nitrogen and oxygen atoms in total. The highest BCUT2D eigenvalue weighted by Gasteiger charge is 2.36. The lowest BCUT2D eigenvalue weighted by Gasteiger charge is -2.13. The van der Waals surface area contributed by atoms with E-state index < -0.39 is 11.1 Å². The molecule has 2 aromatic carbocycles. The molecule has 0 aliphatic carbocycles. The molecule has 0 aromatic heterocycles. The Morgan fingerprint density at radius 2 is 1.80 bits per heavy atom. The number of benzene rings is 2. The Bertz CT molecular complexity index is 1010. The molecular weight excluding hydrogens is 470 g/mol. The molecule has 1 fully saturated rings. The number of ether oxygens (including phenoxy) is 2. The van der Waals surface area contributed by atoms with Crippen LogP contribution in [0, 0.1) is 0 Å². The van der Waals surface area contributed by atoms with Crippen molar-refractivity contribution in [3.63, 3.8) is 0 Å². The third-order valence-corrected chi connectivity index (χ3v) is 5.69. The van der Waals surface area contributed by atoms with Crippen molar-refractivity contribution in [3.8, 4) is 11.5 Å². The van der Waals surface area contributed by atoms with Crippen LogP contribution in [0.3, 0.4) is 0 Å². The quantitative estimate of drug-likeness (QED) is 0.376. The third kappa shape index (κ3) is 4.94. The maximum Gasteiger partial charge on any atom is 0.293 e. The zero-order valence-corrected chi connectivity index (χ0v) is 18.9. The van der Waals surface area contributed by atoms with E-state index in [1.807, 2.05) is 13.8 Å². The van der Waals surface area contributed by atoms with Gasteiger partial charge in [-0.2, -0.15) is 0 Å². The number of thioether (sulfide) groups is 1. The van der Waals surface area contributed by atoms with Crippen molar-refractivity contribution in [2.45, 2.75) is 13.8 Å². The van der Waals surface area contributed by atoms with Crippen LogP contribution in [0.5, 0.6) is 11.5 Å². The highest BCUT2D eigenvalue weighted by Crippen LogP contribution is 2.39. The van der Waals surface area contributed by atoms with Gasteiger partial charge in [-0.3, -0.25) is 19.3 Å². The lowest BCUT2D eigenvalue weighted by Crippen LogP contribution is -2.33. The normalized spacial score (nSPS) is 15.0. The molecule has 2 aromatic rings. The lowest BCUT2D eigenvalue weighted by atomic mass is 10.1. The first-order valence-corrected chi connectivity index (χ1v) is 11.0. The minimum absolute atomic E-state index is 0.249. The molecular formula is C22H20BrNO5S. The fraction of sp³-hybridized carbons (Fsp3) is 0.227. The predicted octanol–water partition coefficient (Wildman–Crippen LogP) is 5.17. The van der Waals surface area contributed by atoms with E-state index >= 15 is 0 Å². The van der Waals surface area contributed by atoms with Crippen molar-refractivity contribution < 1.29 is 23.9 Å². The maximum atomic E-state index is 12.7. The van der Waals surface area contributed by atoms with E-state index in [2.05, 4.69) is 15.9 Å². The molecule has 0 bridgehead atoms. The minimum Gasteiger partial charge on any atom is -0.490 e. The third-order valence-electron chi connectivity index (χ3n) is 4.19. The Kier molecular flexibility index (Phi) is 7.33. The van der Waals surface area contributed by atoms with Crippen LogP contribution in [0.2, 0.25) is 0 Å². The number of amides is 2. The minimum atomic E-state index is -0.489. The largest absolute Gasteiger partial charge is 0.490 e. The Morgan fingerprint density at radius 3 is 2.47 bits per heavy atom. The molecule has 0 radical (unpaired) electrons. The van der Waals surface area contributed by atoms with Crippen molar-refractivity contribution in [2.75, 3.05) is 19.8 Å². The van der Waals surface area contributed by atoms with Crippen LogP contribution in [0.15, 0.2) is 51.8 Å². The molecule has 1 aliphatic rings. The summed E-state index contributed by atoms with van der Waals surface area (Å²) in [5.41, 5.74) is 1.13. The molecule has 1 aliphatic heterocycles. The summed E-state index contributed by atoms with van der Waals surface area (Å²) in [5.74, 6) is 0.343. The fourth-order valence-corrected chi connectivity index (χ4v) is 4.28. The molecule has 2 amide bonds. The predicted molar refractivity (Wildman–Crippen MR) is 120 cm³/mol. The number of hydrogen-bond donors (Lipinski definition) is 0. The number of imide groups is 1. The van der Waals surface area contributed by atoms with E-state index in [1.54, 1.807) is 48.5 Å². The first kappa shape index (κ1) is 22.1. The fourth-order valence-electron chi connectivity index (χ4n) is 2.87. The smallest absolute Gasteiger partial charge is 0.293 e. The van der Waals surface area contributed by atoms with Crippen LogP contribution >= 0.6 is 27.7 Å². The number of ketones is 1. The van der Waals surface area contributed by atoms with Gasteiger partial charge in [0, 0.05) is 5.56 Å². The van der Waals surface area contributed by atoms with Gasteiger partial charge in [-0.1, -0.05) is 30.3 Å². The van der Waals surface area contributed by atoms with E-state index in [0.717, 1.165) is 16.7 Å². The van der Waals surface area contributed by atoms with E-state index in [0.29, 0.717) is 40.3 Å². The van der Waals surface area contributed by atoms with Gasteiger partial charge < -0.3 is 9.47 Å². The van der Waals surface area contributed by atoms with Gasteiger partial charge in [0.15, 0.2) is 17.3 Å². The van der Waals surface area contributed by atoms with Crippen LogP contribution in [-0.4, -0.2) is 41.6 Å². The van der Waals surface area contributed by atoms with Crippen molar-refractivity contribution in [2.24, 2.45) is 0 Å². The molecule has 0 saturated carbocycles. The molecule has 0 unspecified atom stereocenters. The highest BCUT2D eigenvalue weighted by atomic mass is 79.9. The van der Waals surface area contributed by atoms with Gasteiger partial charge in [-0.15, -0.1) is 0 Å². The monoisotopic (exact) mass is 489 g/mol. The standard InChI is InChI=1S/C22H20BrNO5S/c1-3-28-18-11-14(10-16(23)20(18)29-4-2)12-19-21(26)24(22(27)30-19)13-17(25)15-8-6-5-7-9-15/h5-12H,3-4,13H2,1-2H3/b19-12+. The number of rotatable bonds is 8. The number of halogens is 1. The van der Waals surface area contributed by atoms with Gasteiger partial charge >= 0.3 is 0 Å². The van der Waals surface area contributed by atoms with Crippen molar-refractivity contribution >= 4 is 50.7 Å². The zero-order valence-electron chi connectivity index (χ0n) is 16.5. The first-order valence-electron chi connectivity index (χ1n) is 9.37. The Hall–Kier alpha value is -2.58. The summed E-state index contributed by atoms with van der Waals surface area (Å²) in [6.45, 7) is 4.39. The maximum absolute atomic E-state index is 12.7. The topological polar surface area (TPSA) is 72.9 Å². The van der Waals surface area contributed by atoms with E-state index in [1.165, 1.54) is 0 Å². The molecule has 1 heterocycles. The number of carbonyl (C=O) groups is 3. The van der Waals surface area contributed by atoms with Crippen LogP contribution in [0.25, 0.3) is 6.08 Å². The van der Waals surface area contributed by atoms with Crippen LogP contribution < -0.4 is 9.47 Å². The van der Waals surface area contributed by atoms with Crippen molar-refractivity contribution in [3.05, 3.63) is 63.0 Å². The second-order valence-corrected chi connectivity index (χ2v) is 8.10. The van der Waals surface area contributed by atoms with Gasteiger partial charge in [0.25, 0.3) is 11.1 Å². The second-order valence-electron chi connectivity index (χ2n) is 6.25. The van der Waals surface area contributed by atoms with Crippen LogP contribution in [-0.2, 0) is 4.79 Å². The molecule has 1 saturated heterocycles. The van der Waals surface area contributed by atoms with Crippen LogP contribution in [0.1, 0.15) is 29.8 Å². The zero-order chi connectivity index (χ0) is 21.7. The number of Topliss-reactive ketones (excluding diaryl/α,β-unsaturated/α-hetero) is 1. The van der Waals surface area contributed by atoms with E-state index in [4.69, 9.17) is 9.47 Å². The average molecular weight is 490 g/mol. The molecule has 3 rings (SSSR count). The van der Waals surface area contributed by atoms with Gasteiger partial charge in [0.2, 0.25) is 0 Å². The summed E-state index contributed by atoms with van der Waals surface area (Å²) in [7, 11) is 0. The first-order chi connectivity index (χ1) is 14.4. The number of carbonyl (C=O) groups excluding carboxylic acids is 3. The van der Waals surface area contributed by atoms with Gasteiger partial charge in [-0.05, 0) is 65.3 Å². The summed E-state index contributed by atoms with van der Waals surface area (Å²) in [4.78, 5) is 38.7. The molecule has 0 spiro atoms. The average Bonchev–Trinajstić information content (AvgIpc) is 2.98. The summed E-state index contributed by atoms with van der Waals surface area (Å²) in [6.07, 6.45) is 1.61. The summed E-state index contributed by atoms with van der Waals surface area (Å²) in [6, 6.07) is 12.1. The second kappa shape index (κ2) is 9.95. The van der Waals surface area contributed by atoms with Crippen molar-refractivity contribution in [1.82, 2.24) is 4.90 Å². The van der Waals surface area contributed by atoms with E-state index in [9.17, 15) is 14.4 Å². The SMILES string of the molecule is CCOc1cc(/C=C2/SC(=O)N(CC(=O)c3ccccc3)C2=O)cc(Br)c1OCC. The molecule has 0 atom stereocenters. The lowest BCUT2D eigenvalue weighted by molar-refractivity contribution is -0.122. The molecule has 30 heavy (non-hydrogen) atoms. The van der Waals surface area contributed by atoms with Gasteiger partial charge in [-0.25, -0.2) is 0 Å². The van der Waals surface area contributed by atoms with E-state index in [-0.39, 0.29) is 17.2 Å².